The summed E-state index contributed by atoms with van der Waals surface area (Å²) >= 11 is 0. The Morgan fingerprint density at radius 2 is 1.69 bits per heavy atom. The number of fused-ring (bicyclic) bond motifs is 3. The fraction of sp³-hybridized carbons (Fsp3) is 0.529. The van der Waals surface area contributed by atoms with Crippen LogP contribution in [0.15, 0.2) is 36.4 Å². The van der Waals surface area contributed by atoms with E-state index in [1.54, 1.807) is 13.2 Å². The van der Waals surface area contributed by atoms with Crippen molar-refractivity contribution in [2.75, 3.05) is 54.4 Å². The minimum absolute atomic E-state index is 0.0810. The number of carbonyl (C=O) groups excluding carboxylic acids is 2. The molecular formula is C34H43N5O5S. The van der Waals surface area contributed by atoms with Crippen LogP contribution < -0.4 is 9.46 Å². The summed E-state index contributed by atoms with van der Waals surface area (Å²) in [4.78, 5) is 31.9. The van der Waals surface area contributed by atoms with E-state index in [1.165, 1.54) is 36.2 Å². The summed E-state index contributed by atoms with van der Waals surface area (Å²) in [6.45, 7) is 2.40. The van der Waals surface area contributed by atoms with Crippen LogP contribution in [0.25, 0.3) is 22.2 Å². The van der Waals surface area contributed by atoms with Gasteiger partial charge >= 0.3 is 10.2 Å². The molecule has 1 N–H and O–H groups in total. The number of nitrogens with zero attached hydrogens (tertiary/aromatic N) is 4. The zero-order valence-corrected chi connectivity index (χ0v) is 27.5. The van der Waals surface area contributed by atoms with Crippen molar-refractivity contribution in [3.63, 3.8) is 0 Å². The molecule has 4 bridgehead atoms. The fourth-order valence-electron chi connectivity index (χ4n) is 8.07. The smallest absolute Gasteiger partial charge is 0.303 e. The van der Waals surface area contributed by atoms with Gasteiger partial charge in [-0.1, -0.05) is 25.3 Å². The molecule has 3 aromatic rings. The molecular weight excluding hydrogens is 590 g/mol. The third kappa shape index (κ3) is 4.94. The first-order chi connectivity index (χ1) is 21.5. The van der Waals surface area contributed by atoms with Gasteiger partial charge < -0.3 is 19.1 Å². The molecule has 2 amide bonds. The minimum Gasteiger partial charge on any atom is -0.497 e. The molecule has 4 aliphatic rings. The van der Waals surface area contributed by atoms with Crippen LogP contribution in [0.5, 0.6) is 5.75 Å². The highest BCUT2D eigenvalue weighted by atomic mass is 32.2. The van der Waals surface area contributed by atoms with Crippen molar-refractivity contribution in [2.45, 2.75) is 56.4 Å². The maximum Gasteiger partial charge on any atom is 0.303 e. The van der Waals surface area contributed by atoms with Crippen LogP contribution in [-0.4, -0.2) is 93.3 Å². The van der Waals surface area contributed by atoms with Crippen LogP contribution in [0.4, 0.5) is 0 Å². The number of aromatic nitrogens is 1. The van der Waals surface area contributed by atoms with Gasteiger partial charge in [0.25, 0.3) is 5.91 Å². The summed E-state index contributed by atoms with van der Waals surface area (Å²) in [5.74, 6) is 0.645. The SMILES string of the molecule is COc1ccc2c(c1)[C@]13CC1Cn1c-2c(C2CCCCC2)c2ccc(cc21)C(=O)NS(=O)(=O)N(C)CCN(C)CCN(C)C3=O. The number of amides is 2. The van der Waals surface area contributed by atoms with E-state index in [4.69, 9.17) is 4.74 Å². The van der Waals surface area contributed by atoms with Gasteiger partial charge in [-0.3, -0.25) is 9.59 Å². The zero-order chi connectivity index (χ0) is 31.7. The van der Waals surface area contributed by atoms with Gasteiger partial charge in [0, 0.05) is 68.8 Å². The summed E-state index contributed by atoms with van der Waals surface area (Å²) < 4.78 is 37.8. The van der Waals surface area contributed by atoms with Crippen molar-refractivity contribution >= 4 is 32.9 Å². The molecule has 0 radical (unpaired) electrons. The minimum atomic E-state index is -4.05. The van der Waals surface area contributed by atoms with Gasteiger partial charge in [-0.05, 0) is 79.6 Å². The van der Waals surface area contributed by atoms with Crippen molar-refractivity contribution in [1.82, 2.24) is 23.4 Å². The van der Waals surface area contributed by atoms with Crippen LogP contribution in [0, 0.1) is 5.92 Å². The second-order valence-electron chi connectivity index (χ2n) is 13.5. The average Bonchev–Trinajstić information content (AvgIpc) is 3.70. The van der Waals surface area contributed by atoms with Crippen molar-refractivity contribution in [2.24, 2.45) is 5.92 Å². The van der Waals surface area contributed by atoms with E-state index in [0.717, 1.165) is 52.7 Å². The molecule has 1 aromatic heterocycles. The average molecular weight is 634 g/mol. The van der Waals surface area contributed by atoms with Crippen molar-refractivity contribution in [3.8, 4) is 17.0 Å². The third-order valence-electron chi connectivity index (χ3n) is 10.8. The lowest BCUT2D eigenvalue weighted by Crippen LogP contribution is -2.45. The van der Waals surface area contributed by atoms with Gasteiger partial charge in [-0.2, -0.15) is 12.7 Å². The molecule has 3 heterocycles. The Balaban J connectivity index is 1.47. The van der Waals surface area contributed by atoms with E-state index in [2.05, 4.69) is 21.4 Å². The number of hydrogen-bond acceptors (Lipinski definition) is 6. The van der Waals surface area contributed by atoms with Crippen LogP contribution in [0.1, 0.15) is 65.9 Å². The van der Waals surface area contributed by atoms with Crippen molar-refractivity contribution in [3.05, 3.63) is 53.1 Å². The normalized spacial score (nSPS) is 26.3. The van der Waals surface area contributed by atoms with Crippen LogP contribution in [0.3, 0.4) is 0 Å². The van der Waals surface area contributed by atoms with Crippen LogP contribution >= 0.6 is 0 Å². The molecule has 2 fully saturated rings. The summed E-state index contributed by atoms with van der Waals surface area (Å²) in [5.41, 5.74) is 5.05. The van der Waals surface area contributed by atoms with E-state index >= 15 is 0 Å². The molecule has 2 saturated carbocycles. The largest absolute Gasteiger partial charge is 0.497 e. The lowest BCUT2D eigenvalue weighted by molar-refractivity contribution is -0.133. The number of benzene rings is 2. The predicted octanol–water partition coefficient (Wildman–Crippen LogP) is 3.95. The van der Waals surface area contributed by atoms with E-state index in [-0.39, 0.29) is 18.4 Å². The number of rotatable bonds is 2. The Kier molecular flexibility index (Phi) is 7.49. The Morgan fingerprint density at radius 1 is 0.933 bits per heavy atom. The van der Waals surface area contributed by atoms with E-state index in [9.17, 15) is 18.0 Å². The molecule has 45 heavy (non-hydrogen) atoms. The Labute approximate surface area is 265 Å². The summed E-state index contributed by atoms with van der Waals surface area (Å²) in [7, 11) is 2.88. The molecule has 2 aromatic carbocycles. The summed E-state index contributed by atoms with van der Waals surface area (Å²) in [5, 5.41) is 1.10. The van der Waals surface area contributed by atoms with Gasteiger partial charge in [-0.15, -0.1) is 0 Å². The highest BCUT2D eigenvalue weighted by Gasteiger charge is 2.64. The molecule has 2 aliphatic carbocycles. The highest BCUT2D eigenvalue weighted by molar-refractivity contribution is 7.87. The summed E-state index contributed by atoms with van der Waals surface area (Å²) in [6.07, 6.45) is 6.49. The molecule has 2 aliphatic heterocycles. The van der Waals surface area contributed by atoms with Gasteiger partial charge in [0.15, 0.2) is 0 Å². The van der Waals surface area contributed by atoms with Gasteiger partial charge in [-0.25, -0.2) is 4.72 Å². The highest BCUT2D eigenvalue weighted by Crippen LogP contribution is 2.62. The van der Waals surface area contributed by atoms with Crippen molar-refractivity contribution < 1.29 is 22.7 Å². The number of carbonyl (C=O) groups is 2. The number of nitrogens with one attached hydrogen (secondary N) is 1. The Bertz CT molecular complexity index is 1800. The topological polar surface area (TPSA) is 104 Å². The van der Waals surface area contributed by atoms with E-state index in [1.807, 2.05) is 42.1 Å². The lowest BCUT2D eigenvalue weighted by Gasteiger charge is -2.29. The number of likely N-dealkylation sites (N-methyl/N-ethyl adjacent to an activating group) is 3. The second kappa shape index (κ2) is 11.1. The molecule has 7 rings (SSSR count). The lowest BCUT2D eigenvalue weighted by atomic mass is 9.80. The monoisotopic (exact) mass is 633 g/mol. The molecule has 240 valence electrons. The molecule has 10 nitrogen and oxygen atoms in total. The molecule has 0 saturated heterocycles. The zero-order valence-electron chi connectivity index (χ0n) is 26.6. The first kappa shape index (κ1) is 30.3. The van der Waals surface area contributed by atoms with Crippen molar-refractivity contribution in [1.29, 1.82) is 0 Å². The number of methoxy groups -OCH3 is 1. The second-order valence-corrected chi connectivity index (χ2v) is 15.3. The van der Waals surface area contributed by atoms with E-state index in [0.29, 0.717) is 37.7 Å². The molecule has 0 spiro atoms. The quantitative estimate of drug-likeness (QED) is 0.459. The number of ether oxygens (including phenoxy) is 1. The van der Waals surface area contributed by atoms with Gasteiger partial charge in [0.05, 0.1) is 18.2 Å². The molecule has 1 unspecified atom stereocenters. The van der Waals surface area contributed by atoms with Crippen LogP contribution in [-0.2, 0) is 27.0 Å². The maximum atomic E-state index is 14.5. The molecule has 11 heteroatoms. The Morgan fingerprint density at radius 3 is 2.44 bits per heavy atom. The van der Waals surface area contributed by atoms with Gasteiger partial charge in [0.2, 0.25) is 5.91 Å². The van der Waals surface area contributed by atoms with Gasteiger partial charge in [0.1, 0.15) is 5.75 Å². The Hall–Kier alpha value is -3.41. The fourth-order valence-corrected chi connectivity index (χ4v) is 8.90. The maximum absolute atomic E-state index is 14.5. The first-order valence-corrected chi connectivity index (χ1v) is 17.6. The first-order valence-electron chi connectivity index (χ1n) is 16.1. The standard InChI is InChI=1S/C34H43N5O5S/c1-36-14-16-37(2)33(41)34-20-24(34)21-39-29-18-23(32(40)35-45(42,43)38(3)17-15-36)10-12-27(29)30(22-8-6-5-7-9-22)31(39)26-13-11-25(44-4)19-28(26)34/h10-13,18-19,22,24H,5-9,14-17,20-21H2,1-4H3,(H,35,40)/t24?,34-/m0/s1. The third-order valence-corrected chi connectivity index (χ3v) is 12.3. The van der Waals surface area contributed by atoms with Crippen LogP contribution in [0.2, 0.25) is 0 Å². The predicted molar refractivity (Wildman–Crippen MR) is 174 cm³/mol. The summed E-state index contributed by atoms with van der Waals surface area (Å²) in [6, 6.07) is 11.8. The number of hydrogen-bond donors (Lipinski definition) is 1. The van der Waals surface area contributed by atoms with E-state index < -0.39 is 21.5 Å². The molecule has 2 atom stereocenters.